The van der Waals surface area contributed by atoms with Crippen molar-refractivity contribution in [2.75, 3.05) is 0 Å². The minimum atomic E-state index is -0.833. The molecule has 1 N–H and O–H groups in total. The van der Waals surface area contributed by atoms with Crippen LogP contribution in [0.3, 0.4) is 0 Å². The predicted molar refractivity (Wildman–Crippen MR) is 129 cm³/mol. The fraction of sp³-hybridized carbons (Fsp3) is 0.857. The Bertz CT molecular complexity index is 661. The lowest BCUT2D eigenvalue weighted by Gasteiger charge is -2.59. The Labute approximate surface area is 191 Å². The third-order valence-electron chi connectivity index (χ3n) is 9.67. The van der Waals surface area contributed by atoms with Crippen molar-refractivity contribution in [3.8, 4) is 0 Å². The molecule has 3 heteroatoms. The number of hydrogen-bond acceptors (Lipinski definition) is 2. The van der Waals surface area contributed by atoms with Gasteiger partial charge in [0.05, 0.1) is 0 Å². The van der Waals surface area contributed by atoms with Gasteiger partial charge in [0.1, 0.15) is 5.78 Å². The molecular weight excluding hydrogens is 384 g/mol. The fourth-order valence-electron chi connectivity index (χ4n) is 7.40. The zero-order valence-electron chi connectivity index (χ0n) is 21.3. The Hall–Kier alpha value is -1.12. The SMILES string of the molecule is CC(=O)O.CCCCC(C)C(C)C1(C)CCC2C(=CCC3CC(=O)CCC32C)C1CC. The van der Waals surface area contributed by atoms with Crippen LogP contribution in [0.1, 0.15) is 113 Å². The van der Waals surface area contributed by atoms with E-state index in [1.165, 1.54) is 38.5 Å². The van der Waals surface area contributed by atoms with Crippen LogP contribution in [0.2, 0.25) is 0 Å². The highest BCUT2D eigenvalue weighted by atomic mass is 16.4. The monoisotopic (exact) mass is 432 g/mol. The first-order chi connectivity index (χ1) is 14.5. The van der Waals surface area contributed by atoms with Gasteiger partial charge in [0.2, 0.25) is 0 Å². The number of allylic oxidation sites excluding steroid dienone is 2. The van der Waals surface area contributed by atoms with Gasteiger partial charge in [0, 0.05) is 19.8 Å². The van der Waals surface area contributed by atoms with E-state index in [0.717, 1.165) is 56.3 Å². The van der Waals surface area contributed by atoms with E-state index in [9.17, 15) is 4.79 Å². The number of rotatable bonds is 6. The van der Waals surface area contributed by atoms with Gasteiger partial charge in [-0.3, -0.25) is 9.59 Å². The average molecular weight is 433 g/mol. The molecule has 7 atom stereocenters. The van der Waals surface area contributed by atoms with E-state index in [-0.39, 0.29) is 0 Å². The van der Waals surface area contributed by atoms with E-state index >= 15 is 0 Å². The highest BCUT2D eigenvalue weighted by Gasteiger charge is 2.54. The van der Waals surface area contributed by atoms with Crippen LogP contribution in [0.5, 0.6) is 0 Å². The van der Waals surface area contributed by atoms with Crippen molar-refractivity contribution in [1.82, 2.24) is 0 Å². The van der Waals surface area contributed by atoms with E-state index in [4.69, 9.17) is 9.90 Å². The minimum Gasteiger partial charge on any atom is -0.481 e. The van der Waals surface area contributed by atoms with Gasteiger partial charge < -0.3 is 5.11 Å². The van der Waals surface area contributed by atoms with Gasteiger partial charge in [0.15, 0.2) is 0 Å². The summed E-state index contributed by atoms with van der Waals surface area (Å²) in [5.74, 6) is 3.37. The molecule has 3 rings (SSSR count). The molecule has 0 aliphatic heterocycles. The van der Waals surface area contributed by atoms with Gasteiger partial charge in [-0.15, -0.1) is 0 Å². The highest BCUT2D eigenvalue weighted by Crippen LogP contribution is 2.63. The van der Waals surface area contributed by atoms with Gasteiger partial charge in [-0.1, -0.05) is 72.5 Å². The van der Waals surface area contributed by atoms with Gasteiger partial charge >= 0.3 is 0 Å². The maximum absolute atomic E-state index is 12.1. The molecule has 178 valence electrons. The molecule has 0 aromatic rings. The van der Waals surface area contributed by atoms with Crippen LogP contribution in [0, 0.1) is 40.4 Å². The number of fused-ring (bicyclic) bond motifs is 3. The van der Waals surface area contributed by atoms with E-state index < -0.39 is 5.97 Å². The average Bonchev–Trinajstić information content (AvgIpc) is 2.71. The number of unbranched alkanes of at least 4 members (excludes halogenated alkanes) is 1. The molecule has 0 spiro atoms. The normalized spacial score (nSPS) is 36.8. The molecule has 0 aromatic heterocycles. The van der Waals surface area contributed by atoms with Crippen molar-refractivity contribution >= 4 is 11.8 Å². The standard InChI is InChI=1S/C26H44O.C2H4O2/c1-7-9-10-18(3)19(4)25(5)16-14-24-22(23(25)8-2)12-11-20-17-21(27)13-15-26(20,24)6;1-2(3)4/h12,18-20,23-24H,7-11,13-17H2,1-6H3;1H3,(H,3,4). The molecule has 0 radical (unpaired) electrons. The van der Waals surface area contributed by atoms with Crippen LogP contribution in [0.15, 0.2) is 11.6 Å². The van der Waals surface area contributed by atoms with E-state index in [1.54, 1.807) is 5.57 Å². The van der Waals surface area contributed by atoms with Gasteiger partial charge in [-0.2, -0.15) is 0 Å². The van der Waals surface area contributed by atoms with Crippen LogP contribution in [0.4, 0.5) is 0 Å². The Kier molecular flexibility index (Phi) is 8.99. The summed E-state index contributed by atoms with van der Waals surface area (Å²) in [7, 11) is 0. The van der Waals surface area contributed by atoms with Crippen LogP contribution in [0.25, 0.3) is 0 Å². The summed E-state index contributed by atoms with van der Waals surface area (Å²) < 4.78 is 0. The summed E-state index contributed by atoms with van der Waals surface area (Å²) in [6.07, 6.45) is 14.7. The molecule has 2 fully saturated rings. The minimum absolute atomic E-state index is 0.379. The number of carbonyl (C=O) groups is 2. The topological polar surface area (TPSA) is 54.4 Å². The molecule has 0 amide bonds. The van der Waals surface area contributed by atoms with Crippen LogP contribution in [-0.2, 0) is 9.59 Å². The molecule has 0 heterocycles. The predicted octanol–water partition coefficient (Wildman–Crippen LogP) is 7.69. The summed E-state index contributed by atoms with van der Waals surface area (Å²) in [5, 5.41) is 7.42. The molecule has 3 aliphatic carbocycles. The van der Waals surface area contributed by atoms with E-state index in [2.05, 4.69) is 47.6 Å². The molecule has 3 nitrogen and oxygen atoms in total. The first-order valence-electron chi connectivity index (χ1n) is 12.9. The Morgan fingerprint density at radius 1 is 1.23 bits per heavy atom. The van der Waals surface area contributed by atoms with Crippen LogP contribution >= 0.6 is 0 Å². The highest BCUT2D eigenvalue weighted by molar-refractivity contribution is 5.79. The van der Waals surface area contributed by atoms with E-state index in [0.29, 0.717) is 22.5 Å². The molecule has 0 bridgehead atoms. The van der Waals surface area contributed by atoms with Crippen molar-refractivity contribution in [1.29, 1.82) is 0 Å². The first-order valence-corrected chi connectivity index (χ1v) is 12.9. The summed E-state index contributed by atoms with van der Waals surface area (Å²) in [4.78, 5) is 21.1. The summed E-state index contributed by atoms with van der Waals surface area (Å²) >= 11 is 0. The second-order valence-corrected chi connectivity index (χ2v) is 11.4. The number of aliphatic carboxylic acids is 1. The number of ketones is 1. The van der Waals surface area contributed by atoms with Crippen LogP contribution < -0.4 is 0 Å². The summed E-state index contributed by atoms with van der Waals surface area (Å²) in [6, 6.07) is 0. The van der Waals surface area contributed by atoms with Gasteiger partial charge in [-0.05, 0) is 72.5 Å². The largest absolute Gasteiger partial charge is 0.481 e. The van der Waals surface area contributed by atoms with Gasteiger partial charge in [0.25, 0.3) is 5.97 Å². The number of carbonyl (C=O) groups excluding carboxylic acids is 1. The molecule has 2 saturated carbocycles. The van der Waals surface area contributed by atoms with Crippen molar-refractivity contribution in [2.45, 2.75) is 113 Å². The first kappa shape index (κ1) is 26.1. The number of Topliss-reactive ketones (excluding diaryl/α,β-unsaturated/α-hetero) is 1. The van der Waals surface area contributed by atoms with Crippen molar-refractivity contribution in [3.05, 3.63) is 11.6 Å². The second-order valence-electron chi connectivity index (χ2n) is 11.4. The third kappa shape index (κ3) is 5.45. The van der Waals surface area contributed by atoms with Gasteiger partial charge in [-0.25, -0.2) is 0 Å². The van der Waals surface area contributed by atoms with Crippen molar-refractivity contribution in [3.63, 3.8) is 0 Å². The summed E-state index contributed by atoms with van der Waals surface area (Å²) in [6.45, 7) is 16.0. The maximum atomic E-state index is 12.1. The lowest BCUT2D eigenvalue weighted by Crippen LogP contribution is -2.51. The Balaban J connectivity index is 0.000000785. The number of hydrogen-bond donors (Lipinski definition) is 1. The quantitative estimate of drug-likeness (QED) is 0.438. The Morgan fingerprint density at radius 2 is 1.87 bits per heavy atom. The summed E-state index contributed by atoms with van der Waals surface area (Å²) in [5.41, 5.74) is 2.62. The lowest BCUT2D eigenvalue weighted by atomic mass is 9.46. The molecule has 0 aromatic carbocycles. The molecule has 0 saturated heterocycles. The third-order valence-corrected chi connectivity index (χ3v) is 9.67. The zero-order chi connectivity index (χ0) is 23.4. The second kappa shape index (κ2) is 10.7. The molecule has 31 heavy (non-hydrogen) atoms. The van der Waals surface area contributed by atoms with E-state index in [1.807, 2.05) is 0 Å². The number of carboxylic acids is 1. The van der Waals surface area contributed by atoms with Crippen molar-refractivity contribution in [2.24, 2.45) is 40.4 Å². The zero-order valence-corrected chi connectivity index (χ0v) is 21.3. The molecule has 3 aliphatic rings. The van der Waals surface area contributed by atoms with Crippen LogP contribution in [-0.4, -0.2) is 16.9 Å². The maximum Gasteiger partial charge on any atom is 0.300 e. The number of carboxylic acid groups (broad SMARTS) is 1. The molecule has 7 unspecified atom stereocenters. The van der Waals surface area contributed by atoms with Crippen molar-refractivity contribution < 1.29 is 14.7 Å². The lowest BCUT2D eigenvalue weighted by molar-refractivity contribution is -0.134. The smallest absolute Gasteiger partial charge is 0.300 e. The fourth-order valence-corrected chi connectivity index (χ4v) is 7.40. The Morgan fingerprint density at radius 3 is 2.45 bits per heavy atom. The molecular formula is C28H48O3.